The molecule has 0 N–H and O–H groups in total. The van der Waals surface area contributed by atoms with Crippen LogP contribution < -0.4 is 0 Å². The van der Waals surface area contributed by atoms with Crippen LogP contribution in [0, 0.1) is 11.3 Å². The monoisotopic (exact) mass is 152 g/mol. The molecule has 0 bridgehead atoms. The van der Waals surface area contributed by atoms with Crippen LogP contribution in [-0.2, 0) is 0 Å². The fourth-order valence-electron chi connectivity index (χ4n) is 0.951. The van der Waals surface area contributed by atoms with Gasteiger partial charge in [0.25, 0.3) is 0 Å². The van der Waals surface area contributed by atoms with Gasteiger partial charge in [-0.25, -0.2) is 0 Å². The van der Waals surface area contributed by atoms with E-state index < -0.39 is 0 Å². The zero-order valence-electron chi connectivity index (χ0n) is 6.69. The van der Waals surface area contributed by atoms with Gasteiger partial charge in [-0.1, -0.05) is 18.6 Å². The topological polar surface area (TPSA) is 51.8 Å². The number of hydrogen-bond donors (Lipinski definition) is 0. The molecule has 0 saturated carbocycles. The molecule has 0 saturated heterocycles. The van der Waals surface area contributed by atoms with Crippen LogP contribution in [0.25, 0.3) is 0 Å². The molecule has 0 fully saturated rings. The van der Waals surface area contributed by atoms with Crippen LogP contribution in [0.4, 0.5) is 0 Å². The van der Waals surface area contributed by atoms with Crippen molar-refractivity contribution in [3.63, 3.8) is 0 Å². The van der Waals surface area contributed by atoms with Crippen molar-refractivity contribution < 1.29 is 0 Å². The molecular weight excluding hydrogens is 140 g/mol. The van der Waals surface area contributed by atoms with Crippen LogP contribution in [0.1, 0.15) is 19.8 Å². The molecule has 4 nitrogen and oxygen atoms in total. The van der Waals surface area contributed by atoms with Gasteiger partial charge in [0.1, 0.15) is 0 Å². The van der Waals surface area contributed by atoms with Gasteiger partial charge in [0, 0.05) is 6.54 Å². The maximum absolute atomic E-state index is 8.48. The molecule has 0 aliphatic carbocycles. The minimum absolute atomic E-state index is 0.230. The highest BCUT2D eigenvalue weighted by Gasteiger charge is 2.16. The van der Waals surface area contributed by atoms with E-state index in [4.69, 9.17) is 5.26 Å². The highest BCUT2D eigenvalue weighted by Crippen LogP contribution is 2.08. The Balaban J connectivity index is 2.22. The number of nitrogens with zero attached hydrogens (tertiary/aromatic N) is 4. The van der Waals surface area contributed by atoms with Crippen molar-refractivity contribution in [1.29, 1.82) is 5.26 Å². The van der Waals surface area contributed by atoms with Gasteiger partial charge in [-0.15, -0.1) is 0 Å². The van der Waals surface area contributed by atoms with E-state index in [2.05, 4.69) is 23.3 Å². The Bertz CT molecular complexity index is 181. The van der Waals surface area contributed by atoms with E-state index in [9.17, 15) is 0 Å². The molecule has 1 unspecified atom stereocenters. The highest BCUT2D eigenvalue weighted by molar-refractivity contribution is 4.92. The number of unbranched alkanes of at least 4 members (excludes halogenated alkanes) is 1. The first-order chi connectivity index (χ1) is 5.36. The predicted octanol–water partition coefficient (Wildman–Crippen LogP) is 1.36. The molecule has 0 radical (unpaired) electrons. The minimum atomic E-state index is -0.230. The summed E-state index contributed by atoms with van der Waals surface area (Å²) in [7, 11) is 0. The lowest BCUT2D eigenvalue weighted by molar-refractivity contribution is 0.308. The third kappa shape index (κ3) is 2.19. The second kappa shape index (κ2) is 3.91. The molecule has 0 aromatic carbocycles. The summed E-state index contributed by atoms with van der Waals surface area (Å²) in [5, 5.41) is 18.0. The van der Waals surface area contributed by atoms with Gasteiger partial charge < -0.3 is 0 Å². The second-order valence-electron chi connectivity index (χ2n) is 2.62. The van der Waals surface area contributed by atoms with Gasteiger partial charge in [0.15, 0.2) is 6.04 Å². The summed E-state index contributed by atoms with van der Waals surface area (Å²) in [6, 6.07) is 1.84. The molecule has 1 rings (SSSR count). The van der Waals surface area contributed by atoms with Crippen LogP contribution in [-0.4, -0.2) is 24.1 Å². The van der Waals surface area contributed by atoms with Crippen molar-refractivity contribution >= 4 is 0 Å². The lowest BCUT2D eigenvalue weighted by Crippen LogP contribution is -2.20. The van der Waals surface area contributed by atoms with E-state index >= 15 is 0 Å². The minimum Gasteiger partial charge on any atom is -0.275 e. The average molecular weight is 152 g/mol. The lowest BCUT2D eigenvalue weighted by atomic mass is 10.3. The van der Waals surface area contributed by atoms with Gasteiger partial charge >= 0.3 is 0 Å². The molecule has 1 aliphatic heterocycles. The third-order valence-corrected chi connectivity index (χ3v) is 1.62. The molecule has 1 atom stereocenters. The summed E-state index contributed by atoms with van der Waals surface area (Å²) >= 11 is 0. The summed E-state index contributed by atoms with van der Waals surface area (Å²) in [6.07, 6.45) is 2.28. The Morgan fingerprint density at radius 1 is 1.73 bits per heavy atom. The van der Waals surface area contributed by atoms with Crippen molar-refractivity contribution in [2.45, 2.75) is 25.8 Å². The Hall–Kier alpha value is -1.11. The van der Waals surface area contributed by atoms with Gasteiger partial charge in [-0.3, -0.25) is 5.01 Å². The summed E-state index contributed by atoms with van der Waals surface area (Å²) in [5.74, 6) is 0. The SMILES string of the molecule is CCCCN1CC(C#N)N=N1. The molecule has 1 heterocycles. The fraction of sp³-hybridized carbons (Fsp3) is 0.857. The summed E-state index contributed by atoms with van der Waals surface area (Å²) in [4.78, 5) is 0. The van der Waals surface area contributed by atoms with Crippen LogP contribution in [0.3, 0.4) is 0 Å². The first kappa shape index (κ1) is 7.99. The first-order valence-electron chi connectivity index (χ1n) is 3.92. The maximum Gasteiger partial charge on any atom is 0.178 e. The van der Waals surface area contributed by atoms with Crippen LogP contribution in [0.2, 0.25) is 0 Å². The van der Waals surface area contributed by atoms with Crippen molar-refractivity contribution in [3.05, 3.63) is 0 Å². The average Bonchev–Trinajstić information content (AvgIpc) is 2.48. The van der Waals surface area contributed by atoms with E-state index in [1.807, 2.05) is 5.01 Å². The normalized spacial score (nSPS) is 22.2. The summed E-state index contributed by atoms with van der Waals surface area (Å²) < 4.78 is 0. The van der Waals surface area contributed by atoms with Crippen LogP contribution in [0.15, 0.2) is 10.3 Å². The number of hydrogen-bond acceptors (Lipinski definition) is 4. The quantitative estimate of drug-likeness (QED) is 0.613. The summed E-state index contributed by atoms with van der Waals surface area (Å²) in [6.45, 7) is 3.74. The van der Waals surface area contributed by atoms with E-state index in [0.717, 1.165) is 19.4 Å². The van der Waals surface area contributed by atoms with Crippen LogP contribution >= 0.6 is 0 Å². The van der Waals surface area contributed by atoms with Crippen molar-refractivity contribution in [3.8, 4) is 6.07 Å². The molecule has 1 aliphatic rings. The van der Waals surface area contributed by atoms with Gasteiger partial charge in [0.05, 0.1) is 12.6 Å². The maximum atomic E-state index is 8.48. The Morgan fingerprint density at radius 3 is 3.09 bits per heavy atom. The van der Waals surface area contributed by atoms with Gasteiger partial charge in [0.2, 0.25) is 0 Å². The predicted molar refractivity (Wildman–Crippen MR) is 40.7 cm³/mol. The lowest BCUT2D eigenvalue weighted by Gasteiger charge is -2.09. The molecule has 11 heavy (non-hydrogen) atoms. The fourth-order valence-corrected chi connectivity index (χ4v) is 0.951. The zero-order valence-corrected chi connectivity index (χ0v) is 6.69. The number of rotatable bonds is 3. The van der Waals surface area contributed by atoms with Crippen LogP contribution in [0.5, 0.6) is 0 Å². The third-order valence-electron chi connectivity index (χ3n) is 1.62. The van der Waals surface area contributed by atoms with Gasteiger partial charge in [-0.2, -0.15) is 10.4 Å². The second-order valence-corrected chi connectivity index (χ2v) is 2.62. The Morgan fingerprint density at radius 2 is 2.55 bits per heavy atom. The van der Waals surface area contributed by atoms with Crippen molar-refractivity contribution in [2.75, 3.05) is 13.1 Å². The van der Waals surface area contributed by atoms with Crippen molar-refractivity contribution in [2.24, 2.45) is 10.3 Å². The van der Waals surface area contributed by atoms with E-state index in [0.29, 0.717) is 6.54 Å². The number of nitriles is 1. The summed E-state index contributed by atoms with van der Waals surface area (Å²) in [5.41, 5.74) is 0. The van der Waals surface area contributed by atoms with E-state index in [1.165, 1.54) is 0 Å². The molecular formula is C7H12N4. The highest BCUT2D eigenvalue weighted by atomic mass is 15.6. The first-order valence-corrected chi connectivity index (χ1v) is 3.92. The molecule has 60 valence electrons. The van der Waals surface area contributed by atoms with E-state index in [-0.39, 0.29) is 6.04 Å². The van der Waals surface area contributed by atoms with Gasteiger partial charge in [-0.05, 0) is 6.42 Å². The zero-order chi connectivity index (χ0) is 8.10. The molecule has 0 spiro atoms. The molecule has 0 amide bonds. The molecule has 4 heteroatoms. The van der Waals surface area contributed by atoms with Crippen molar-refractivity contribution in [1.82, 2.24) is 5.01 Å². The Kier molecular flexibility index (Phi) is 2.84. The smallest absolute Gasteiger partial charge is 0.178 e. The largest absolute Gasteiger partial charge is 0.275 e. The van der Waals surface area contributed by atoms with E-state index in [1.54, 1.807) is 0 Å². The molecule has 0 aromatic rings. The Labute approximate surface area is 66.5 Å². The standard InChI is InChI=1S/C7H12N4/c1-2-3-4-11-6-7(5-8)9-10-11/h7H,2-4,6H2,1H3. The molecule has 0 aromatic heterocycles.